The van der Waals surface area contributed by atoms with E-state index in [9.17, 15) is 9.59 Å². The van der Waals surface area contributed by atoms with Crippen molar-refractivity contribution >= 4 is 44.2 Å². The number of aromatic nitrogens is 1. The van der Waals surface area contributed by atoms with Crippen LogP contribution < -0.4 is 15.4 Å². The van der Waals surface area contributed by atoms with Crippen molar-refractivity contribution in [1.29, 1.82) is 0 Å². The van der Waals surface area contributed by atoms with Crippen molar-refractivity contribution in [3.8, 4) is 5.75 Å². The molecule has 2 amide bonds. The van der Waals surface area contributed by atoms with Crippen molar-refractivity contribution in [2.45, 2.75) is 25.9 Å². The summed E-state index contributed by atoms with van der Waals surface area (Å²) in [5, 5.41) is 6.07. The molecule has 1 aliphatic heterocycles. The number of fused-ring (bicyclic) bond motifs is 1. The first-order valence-electron chi connectivity index (χ1n) is 9.41. The zero-order valence-corrected chi connectivity index (χ0v) is 16.8. The number of amides is 2. The first-order chi connectivity index (χ1) is 14.1. The van der Waals surface area contributed by atoms with Crippen LogP contribution in [-0.4, -0.2) is 36.1 Å². The van der Waals surface area contributed by atoms with Crippen LogP contribution in [0, 0.1) is 0 Å². The van der Waals surface area contributed by atoms with Gasteiger partial charge in [-0.05, 0) is 43.2 Å². The molecule has 3 aromatic rings. The molecule has 1 aromatic heterocycles. The number of hydrogen-bond acceptors (Lipinski definition) is 6. The lowest BCUT2D eigenvalue weighted by molar-refractivity contribution is -0.114. The number of hydrogen-bond donors (Lipinski definition) is 2. The average molecular weight is 411 g/mol. The second kappa shape index (κ2) is 8.59. The minimum Gasteiger partial charge on any atom is -0.490 e. The van der Waals surface area contributed by atoms with Gasteiger partial charge in [0.15, 0.2) is 5.13 Å². The van der Waals surface area contributed by atoms with Crippen LogP contribution in [-0.2, 0) is 9.53 Å². The fourth-order valence-corrected chi connectivity index (χ4v) is 4.06. The van der Waals surface area contributed by atoms with Gasteiger partial charge in [0.05, 0.1) is 21.9 Å². The Morgan fingerprint density at radius 1 is 1.24 bits per heavy atom. The van der Waals surface area contributed by atoms with Crippen LogP contribution in [0.1, 0.15) is 30.1 Å². The standard InChI is InChI=1S/C21H21N3O4S/c1-13(25)22-14-8-9-17-19(11-14)29-21(23-17)24-20(26)16-6-2-3-7-18(16)28-12-15-5-4-10-27-15/h2-3,6-9,11,15H,4-5,10,12H2,1H3,(H,22,25)(H,23,24,26)/t15-/m0/s1. The molecule has 7 nitrogen and oxygen atoms in total. The molecule has 0 bridgehead atoms. The number of thiazole rings is 1. The fraction of sp³-hybridized carbons (Fsp3) is 0.286. The van der Waals surface area contributed by atoms with E-state index < -0.39 is 0 Å². The Labute approximate surface area is 172 Å². The van der Waals surface area contributed by atoms with Gasteiger partial charge in [0, 0.05) is 19.2 Å². The van der Waals surface area contributed by atoms with Crippen molar-refractivity contribution < 1.29 is 19.1 Å². The normalized spacial score (nSPS) is 16.0. The third kappa shape index (κ3) is 4.72. The Kier molecular flexibility index (Phi) is 5.73. The van der Waals surface area contributed by atoms with Crippen molar-refractivity contribution in [1.82, 2.24) is 4.98 Å². The molecule has 2 heterocycles. The van der Waals surface area contributed by atoms with Gasteiger partial charge in [-0.25, -0.2) is 4.98 Å². The van der Waals surface area contributed by atoms with Crippen molar-refractivity contribution in [2.75, 3.05) is 23.8 Å². The summed E-state index contributed by atoms with van der Waals surface area (Å²) in [5.41, 5.74) is 1.89. The Morgan fingerprint density at radius 3 is 2.90 bits per heavy atom. The second-order valence-corrected chi connectivity index (χ2v) is 7.81. The van der Waals surface area contributed by atoms with Gasteiger partial charge in [-0.15, -0.1) is 0 Å². The van der Waals surface area contributed by atoms with Gasteiger partial charge in [-0.2, -0.15) is 0 Å². The third-order valence-corrected chi connectivity index (χ3v) is 5.44. The van der Waals surface area contributed by atoms with Gasteiger partial charge in [-0.1, -0.05) is 23.5 Å². The first-order valence-corrected chi connectivity index (χ1v) is 10.2. The molecule has 29 heavy (non-hydrogen) atoms. The van der Waals surface area contributed by atoms with Gasteiger partial charge in [0.25, 0.3) is 5.91 Å². The van der Waals surface area contributed by atoms with E-state index in [2.05, 4.69) is 15.6 Å². The first kappa shape index (κ1) is 19.4. The van der Waals surface area contributed by atoms with Gasteiger partial charge in [0.1, 0.15) is 12.4 Å². The van der Waals surface area contributed by atoms with Gasteiger partial charge < -0.3 is 14.8 Å². The van der Waals surface area contributed by atoms with Crippen LogP contribution in [0.4, 0.5) is 10.8 Å². The largest absolute Gasteiger partial charge is 0.490 e. The van der Waals surface area contributed by atoms with E-state index in [4.69, 9.17) is 9.47 Å². The summed E-state index contributed by atoms with van der Waals surface area (Å²) in [6.45, 7) is 2.65. The van der Waals surface area contributed by atoms with E-state index in [0.717, 1.165) is 29.7 Å². The number of nitrogens with one attached hydrogen (secondary N) is 2. The van der Waals surface area contributed by atoms with Crippen LogP contribution in [0.3, 0.4) is 0 Å². The minimum absolute atomic E-state index is 0.0770. The molecule has 2 N–H and O–H groups in total. The number of para-hydroxylation sites is 1. The molecule has 4 rings (SSSR count). The lowest BCUT2D eigenvalue weighted by Crippen LogP contribution is -2.19. The second-order valence-electron chi connectivity index (χ2n) is 6.78. The van der Waals surface area contributed by atoms with E-state index in [1.807, 2.05) is 18.2 Å². The molecule has 8 heteroatoms. The number of anilines is 2. The Balaban J connectivity index is 1.48. The third-order valence-electron chi connectivity index (χ3n) is 4.51. The lowest BCUT2D eigenvalue weighted by Gasteiger charge is -2.14. The fourth-order valence-electron chi connectivity index (χ4n) is 3.16. The molecule has 1 saturated heterocycles. The SMILES string of the molecule is CC(=O)Nc1ccc2nc(NC(=O)c3ccccc3OC[C@@H]3CCCO3)sc2c1. The molecule has 1 atom stereocenters. The van der Waals surface area contributed by atoms with E-state index in [0.29, 0.717) is 28.7 Å². The maximum atomic E-state index is 12.8. The number of carbonyl (C=O) groups excluding carboxylic acids is 2. The van der Waals surface area contributed by atoms with E-state index in [1.165, 1.54) is 18.3 Å². The van der Waals surface area contributed by atoms with Crippen molar-refractivity contribution in [3.63, 3.8) is 0 Å². The van der Waals surface area contributed by atoms with E-state index in [1.54, 1.807) is 24.3 Å². The molecule has 1 fully saturated rings. The topological polar surface area (TPSA) is 89.6 Å². The predicted octanol–water partition coefficient (Wildman–Crippen LogP) is 4.06. The highest BCUT2D eigenvalue weighted by molar-refractivity contribution is 7.22. The summed E-state index contributed by atoms with van der Waals surface area (Å²) in [5.74, 6) is 0.102. The Bertz CT molecular complexity index is 1040. The molecule has 2 aromatic carbocycles. The molecule has 1 aliphatic rings. The average Bonchev–Trinajstić information content (AvgIpc) is 3.35. The van der Waals surface area contributed by atoms with Gasteiger partial charge in [-0.3, -0.25) is 14.9 Å². The van der Waals surface area contributed by atoms with Crippen LogP contribution in [0.5, 0.6) is 5.75 Å². The maximum absolute atomic E-state index is 12.8. The number of carbonyl (C=O) groups is 2. The number of benzene rings is 2. The lowest BCUT2D eigenvalue weighted by atomic mass is 10.2. The molecule has 0 radical (unpaired) electrons. The highest BCUT2D eigenvalue weighted by atomic mass is 32.1. The molecule has 150 valence electrons. The summed E-state index contributed by atoms with van der Waals surface area (Å²) in [7, 11) is 0. The van der Waals surface area contributed by atoms with Crippen LogP contribution in [0.2, 0.25) is 0 Å². The molecule has 0 spiro atoms. The maximum Gasteiger partial charge on any atom is 0.261 e. The van der Waals surface area contributed by atoms with Crippen LogP contribution >= 0.6 is 11.3 Å². The zero-order chi connectivity index (χ0) is 20.2. The quantitative estimate of drug-likeness (QED) is 0.638. The summed E-state index contributed by atoms with van der Waals surface area (Å²) < 4.78 is 12.3. The molecular weight excluding hydrogens is 390 g/mol. The minimum atomic E-state index is -0.283. The predicted molar refractivity (Wildman–Crippen MR) is 113 cm³/mol. The summed E-state index contributed by atoms with van der Waals surface area (Å²) in [6, 6.07) is 12.6. The number of nitrogens with zero attached hydrogens (tertiary/aromatic N) is 1. The summed E-state index contributed by atoms with van der Waals surface area (Å²) >= 11 is 1.35. The molecule has 0 aliphatic carbocycles. The highest BCUT2D eigenvalue weighted by Crippen LogP contribution is 2.29. The Morgan fingerprint density at radius 2 is 2.10 bits per heavy atom. The van der Waals surface area contributed by atoms with Crippen LogP contribution in [0.15, 0.2) is 42.5 Å². The van der Waals surface area contributed by atoms with Gasteiger partial charge in [0.2, 0.25) is 5.91 Å². The van der Waals surface area contributed by atoms with Gasteiger partial charge >= 0.3 is 0 Å². The zero-order valence-electron chi connectivity index (χ0n) is 15.9. The highest BCUT2D eigenvalue weighted by Gasteiger charge is 2.19. The summed E-state index contributed by atoms with van der Waals surface area (Å²) in [6.07, 6.45) is 2.09. The number of rotatable bonds is 6. The number of ether oxygens (including phenoxy) is 2. The van der Waals surface area contributed by atoms with Crippen molar-refractivity contribution in [2.24, 2.45) is 0 Å². The smallest absolute Gasteiger partial charge is 0.261 e. The van der Waals surface area contributed by atoms with E-state index in [-0.39, 0.29) is 17.9 Å². The van der Waals surface area contributed by atoms with Crippen molar-refractivity contribution in [3.05, 3.63) is 48.0 Å². The van der Waals surface area contributed by atoms with E-state index >= 15 is 0 Å². The molecular formula is C21H21N3O4S. The monoisotopic (exact) mass is 411 g/mol. The van der Waals surface area contributed by atoms with Crippen LogP contribution in [0.25, 0.3) is 10.2 Å². The molecule has 0 saturated carbocycles. The summed E-state index contributed by atoms with van der Waals surface area (Å²) in [4.78, 5) is 28.5. The molecule has 0 unspecified atom stereocenters. The Hall–Kier alpha value is -2.97.